The van der Waals surface area contributed by atoms with Crippen LogP contribution in [0.5, 0.6) is 0 Å². The molecule has 4 aliphatic rings. The summed E-state index contributed by atoms with van der Waals surface area (Å²) in [5.74, 6) is -2.52. The molecule has 4 aliphatic heterocycles. The Morgan fingerprint density at radius 1 is 1.56 bits per heavy atom. The maximum atomic E-state index is 12.4. The van der Waals surface area contributed by atoms with Crippen molar-refractivity contribution in [3.63, 3.8) is 0 Å². The smallest absolute Gasteiger partial charge is 0.310 e. The molecule has 1 spiro atoms. The molecule has 6 nitrogen and oxygen atoms in total. The van der Waals surface area contributed by atoms with Crippen LogP contribution in [0.15, 0.2) is 12.2 Å². The number of hydrogen-bond acceptors (Lipinski definition) is 4. The van der Waals surface area contributed by atoms with Crippen LogP contribution in [0.1, 0.15) is 6.42 Å². The predicted molar refractivity (Wildman–Crippen MR) is 57.4 cm³/mol. The van der Waals surface area contributed by atoms with Gasteiger partial charge in [0.25, 0.3) is 0 Å². The molecule has 5 atom stereocenters. The van der Waals surface area contributed by atoms with E-state index in [2.05, 4.69) is 0 Å². The molecule has 0 aliphatic carbocycles. The Morgan fingerprint density at radius 3 is 3.17 bits per heavy atom. The van der Waals surface area contributed by atoms with Gasteiger partial charge < -0.3 is 19.5 Å². The largest absolute Gasteiger partial charge is 0.481 e. The molecule has 0 saturated carbocycles. The van der Waals surface area contributed by atoms with Gasteiger partial charge in [0, 0.05) is 6.54 Å². The van der Waals surface area contributed by atoms with E-state index in [9.17, 15) is 14.7 Å². The summed E-state index contributed by atoms with van der Waals surface area (Å²) >= 11 is 0. The summed E-state index contributed by atoms with van der Waals surface area (Å²) in [6.07, 6.45) is 3.42. The van der Waals surface area contributed by atoms with Gasteiger partial charge in [-0.25, -0.2) is 0 Å². The third-order valence-electron chi connectivity index (χ3n) is 4.41. The zero-order valence-electron chi connectivity index (χ0n) is 9.61. The van der Waals surface area contributed by atoms with E-state index < -0.39 is 35.7 Å². The fourth-order valence-electron chi connectivity index (χ4n) is 3.74. The molecule has 1 amide bonds. The number of carboxylic acid groups (broad SMARTS) is 1. The van der Waals surface area contributed by atoms with E-state index in [1.54, 1.807) is 11.0 Å². The van der Waals surface area contributed by atoms with Crippen LogP contribution in [0.2, 0.25) is 0 Å². The standard InChI is InChI=1S/C12H13NO5/c14-9-8-7(10(15)16)6-2-3-12(8,18-6)11-13(9)4-1-5-17-11/h2-3,6-8,11H,1,4-5H2,(H,15,16)/t6-,7+,8-,11-,12+/m1/s1. The maximum absolute atomic E-state index is 12.4. The quantitative estimate of drug-likeness (QED) is 0.642. The molecule has 6 heteroatoms. The Kier molecular flexibility index (Phi) is 1.83. The first-order chi connectivity index (χ1) is 8.65. The SMILES string of the molecule is O=C(O)[C@H]1[C@H]2C=C[C@]3(O2)[C@H]1C(=O)N1CCCO[C@@H]13. The number of aliphatic carboxylic acids is 1. The van der Waals surface area contributed by atoms with Crippen LogP contribution < -0.4 is 0 Å². The first kappa shape index (κ1) is 10.5. The Hall–Kier alpha value is -1.40. The number of nitrogens with zero attached hydrogens (tertiary/aromatic N) is 1. The zero-order chi connectivity index (χ0) is 12.5. The first-order valence-corrected chi connectivity index (χ1v) is 6.17. The Balaban J connectivity index is 1.82. The first-order valence-electron chi connectivity index (χ1n) is 6.17. The summed E-state index contributed by atoms with van der Waals surface area (Å²) in [6.45, 7) is 1.21. The molecule has 0 aromatic rings. The van der Waals surface area contributed by atoms with Crippen molar-refractivity contribution < 1.29 is 24.2 Å². The Labute approximate surface area is 103 Å². The molecular weight excluding hydrogens is 238 g/mol. The van der Waals surface area contributed by atoms with Crippen LogP contribution in [-0.4, -0.2) is 53.0 Å². The zero-order valence-corrected chi connectivity index (χ0v) is 9.61. The van der Waals surface area contributed by atoms with Crippen molar-refractivity contribution in [2.24, 2.45) is 11.8 Å². The van der Waals surface area contributed by atoms with E-state index in [0.29, 0.717) is 13.2 Å². The molecule has 4 rings (SSSR count). The fraction of sp³-hybridized carbons (Fsp3) is 0.667. The van der Waals surface area contributed by atoms with Crippen molar-refractivity contribution in [1.82, 2.24) is 4.90 Å². The van der Waals surface area contributed by atoms with E-state index in [1.807, 2.05) is 6.08 Å². The molecule has 0 aromatic carbocycles. The van der Waals surface area contributed by atoms with Crippen LogP contribution in [0.25, 0.3) is 0 Å². The summed E-state index contributed by atoms with van der Waals surface area (Å²) in [5, 5.41) is 9.30. The van der Waals surface area contributed by atoms with Crippen molar-refractivity contribution >= 4 is 11.9 Å². The number of ether oxygens (including phenoxy) is 2. The molecule has 3 fully saturated rings. The average molecular weight is 251 g/mol. The van der Waals surface area contributed by atoms with Crippen LogP contribution in [0, 0.1) is 11.8 Å². The Morgan fingerprint density at radius 2 is 2.39 bits per heavy atom. The van der Waals surface area contributed by atoms with Gasteiger partial charge in [-0.1, -0.05) is 6.08 Å². The van der Waals surface area contributed by atoms with Gasteiger partial charge in [0.15, 0.2) is 6.23 Å². The summed E-state index contributed by atoms with van der Waals surface area (Å²) in [4.78, 5) is 25.4. The average Bonchev–Trinajstić information content (AvgIpc) is 2.99. The second-order valence-corrected chi connectivity index (χ2v) is 5.25. The van der Waals surface area contributed by atoms with Gasteiger partial charge in [0.2, 0.25) is 5.91 Å². The summed E-state index contributed by atoms with van der Waals surface area (Å²) in [6, 6.07) is 0. The van der Waals surface area contributed by atoms with E-state index in [1.165, 1.54) is 0 Å². The lowest BCUT2D eigenvalue weighted by Crippen LogP contribution is -2.49. The molecule has 0 unspecified atom stereocenters. The lowest BCUT2D eigenvalue weighted by molar-refractivity contribution is -0.168. The van der Waals surface area contributed by atoms with Crippen molar-refractivity contribution in [3.05, 3.63) is 12.2 Å². The van der Waals surface area contributed by atoms with Gasteiger partial charge in [-0.3, -0.25) is 9.59 Å². The van der Waals surface area contributed by atoms with Crippen LogP contribution in [-0.2, 0) is 19.1 Å². The number of amides is 1. The number of carbonyl (C=O) groups excluding carboxylic acids is 1. The molecule has 0 aromatic heterocycles. The van der Waals surface area contributed by atoms with E-state index in [-0.39, 0.29) is 5.91 Å². The van der Waals surface area contributed by atoms with Gasteiger partial charge in [-0.05, 0) is 12.5 Å². The van der Waals surface area contributed by atoms with Crippen molar-refractivity contribution in [2.75, 3.05) is 13.2 Å². The molecule has 4 heterocycles. The molecule has 2 bridgehead atoms. The highest BCUT2D eigenvalue weighted by Gasteiger charge is 2.72. The van der Waals surface area contributed by atoms with Crippen LogP contribution >= 0.6 is 0 Å². The molecule has 3 saturated heterocycles. The van der Waals surface area contributed by atoms with E-state index in [0.717, 1.165) is 6.42 Å². The summed E-state index contributed by atoms with van der Waals surface area (Å²) < 4.78 is 11.5. The van der Waals surface area contributed by atoms with Gasteiger partial charge in [-0.2, -0.15) is 0 Å². The van der Waals surface area contributed by atoms with E-state index >= 15 is 0 Å². The summed E-state index contributed by atoms with van der Waals surface area (Å²) in [7, 11) is 0. The van der Waals surface area contributed by atoms with Crippen molar-refractivity contribution in [1.29, 1.82) is 0 Å². The number of carbonyl (C=O) groups is 2. The molecule has 96 valence electrons. The number of hydrogen-bond donors (Lipinski definition) is 1. The molecule has 0 radical (unpaired) electrons. The minimum atomic E-state index is -0.968. The predicted octanol–water partition coefficient (Wildman–Crippen LogP) is -0.401. The van der Waals surface area contributed by atoms with Gasteiger partial charge >= 0.3 is 5.97 Å². The minimum absolute atomic E-state index is 0.140. The topological polar surface area (TPSA) is 76.1 Å². The molecule has 18 heavy (non-hydrogen) atoms. The van der Waals surface area contributed by atoms with Crippen LogP contribution in [0.3, 0.4) is 0 Å². The third-order valence-corrected chi connectivity index (χ3v) is 4.41. The van der Waals surface area contributed by atoms with E-state index in [4.69, 9.17) is 9.47 Å². The molecular formula is C12H13NO5. The highest BCUT2D eigenvalue weighted by molar-refractivity contribution is 5.91. The number of rotatable bonds is 1. The second-order valence-electron chi connectivity index (χ2n) is 5.25. The normalized spacial score (nSPS) is 48.4. The third kappa shape index (κ3) is 0.976. The van der Waals surface area contributed by atoms with Gasteiger partial charge in [-0.15, -0.1) is 0 Å². The lowest BCUT2D eigenvalue weighted by atomic mass is 9.76. The number of fused-ring (bicyclic) bond motifs is 2. The second kappa shape index (κ2) is 3.13. The highest BCUT2D eigenvalue weighted by Crippen LogP contribution is 2.55. The van der Waals surface area contributed by atoms with Crippen molar-refractivity contribution in [3.8, 4) is 0 Å². The monoisotopic (exact) mass is 251 g/mol. The fourth-order valence-corrected chi connectivity index (χ4v) is 3.74. The van der Waals surface area contributed by atoms with Gasteiger partial charge in [0.1, 0.15) is 11.5 Å². The van der Waals surface area contributed by atoms with Crippen molar-refractivity contribution in [2.45, 2.75) is 24.4 Å². The lowest BCUT2D eigenvalue weighted by Gasteiger charge is -2.36. The number of carboxylic acids is 1. The summed E-state index contributed by atoms with van der Waals surface area (Å²) in [5.41, 5.74) is -0.870. The Bertz CT molecular complexity index is 475. The maximum Gasteiger partial charge on any atom is 0.310 e. The van der Waals surface area contributed by atoms with Gasteiger partial charge in [0.05, 0.1) is 18.6 Å². The molecule has 1 N–H and O–H groups in total. The van der Waals surface area contributed by atoms with Crippen LogP contribution in [0.4, 0.5) is 0 Å². The highest BCUT2D eigenvalue weighted by atomic mass is 16.6. The minimum Gasteiger partial charge on any atom is -0.481 e.